The molecule has 0 aliphatic carbocycles. The zero-order valence-electron chi connectivity index (χ0n) is 8.46. The van der Waals surface area contributed by atoms with Crippen LogP contribution in [-0.2, 0) is 0 Å². The van der Waals surface area contributed by atoms with Gasteiger partial charge in [-0.2, -0.15) is 0 Å². The number of Topliss-reactive ketones (excluding diaryl/α,β-unsaturated/α-hetero) is 1. The zero-order valence-corrected chi connectivity index (χ0v) is 8.46. The Morgan fingerprint density at radius 1 is 1.62 bits per heavy atom. The molecular formula is C11H16O2. The van der Waals surface area contributed by atoms with E-state index in [1.165, 1.54) is 0 Å². The van der Waals surface area contributed by atoms with Crippen LogP contribution in [0.3, 0.4) is 0 Å². The van der Waals surface area contributed by atoms with Gasteiger partial charge in [-0.1, -0.05) is 20.3 Å². The molecule has 0 aliphatic heterocycles. The van der Waals surface area contributed by atoms with Crippen molar-refractivity contribution in [2.45, 2.75) is 33.6 Å². The number of rotatable bonds is 4. The summed E-state index contributed by atoms with van der Waals surface area (Å²) >= 11 is 0. The Hall–Kier alpha value is -1.05. The lowest BCUT2D eigenvalue weighted by molar-refractivity contribution is 0.0894. The van der Waals surface area contributed by atoms with Crippen LogP contribution in [-0.4, -0.2) is 5.78 Å². The van der Waals surface area contributed by atoms with Crippen LogP contribution >= 0.6 is 0 Å². The molecule has 1 aromatic rings. The maximum Gasteiger partial charge on any atom is 0.201 e. The topological polar surface area (TPSA) is 30.2 Å². The van der Waals surface area contributed by atoms with Crippen molar-refractivity contribution in [1.29, 1.82) is 0 Å². The minimum Gasteiger partial charge on any atom is -0.461 e. The summed E-state index contributed by atoms with van der Waals surface area (Å²) in [5, 5.41) is 0. The molecule has 0 N–H and O–H groups in total. The molecule has 1 heterocycles. The SMILES string of the molecule is CCCC(C)C(=O)c1occc1C. The Balaban J connectivity index is 2.73. The fraction of sp³-hybridized carbons (Fsp3) is 0.545. The van der Waals surface area contributed by atoms with Gasteiger partial charge < -0.3 is 4.42 Å². The highest BCUT2D eigenvalue weighted by atomic mass is 16.3. The van der Waals surface area contributed by atoms with Gasteiger partial charge in [-0.3, -0.25) is 4.79 Å². The molecule has 0 amide bonds. The summed E-state index contributed by atoms with van der Waals surface area (Å²) in [5.41, 5.74) is 0.938. The average Bonchev–Trinajstić information content (AvgIpc) is 2.50. The molecular weight excluding hydrogens is 164 g/mol. The van der Waals surface area contributed by atoms with E-state index in [0.717, 1.165) is 18.4 Å². The van der Waals surface area contributed by atoms with E-state index >= 15 is 0 Å². The molecule has 1 rings (SSSR count). The van der Waals surface area contributed by atoms with Gasteiger partial charge in [-0.15, -0.1) is 0 Å². The van der Waals surface area contributed by atoms with Crippen LogP contribution in [0.2, 0.25) is 0 Å². The predicted molar refractivity (Wildman–Crippen MR) is 51.8 cm³/mol. The number of ketones is 1. The van der Waals surface area contributed by atoms with Crippen molar-refractivity contribution in [2.75, 3.05) is 0 Å². The van der Waals surface area contributed by atoms with Crippen molar-refractivity contribution in [3.63, 3.8) is 0 Å². The summed E-state index contributed by atoms with van der Waals surface area (Å²) in [6, 6.07) is 1.83. The number of hydrogen-bond acceptors (Lipinski definition) is 2. The summed E-state index contributed by atoms with van der Waals surface area (Å²) in [6.45, 7) is 5.93. The van der Waals surface area contributed by atoms with Gasteiger partial charge in [0.2, 0.25) is 5.78 Å². The molecule has 0 aliphatic rings. The van der Waals surface area contributed by atoms with Crippen LogP contribution in [0.15, 0.2) is 16.7 Å². The molecule has 0 bridgehead atoms. The Morgan fingerprint density at radius 3 is 2.77 bits per heavy atom. The van der Waals surface area contributed by atoms with Crippen LogP contribution in [0.25, 0.3) is 0 Å². The first kappa shape index (κ1) is 10.0. The normalized spacial score (nSPS) is 12.8. The molecule has 1 atom stereocenters. The van der Waals surface area contributed by atoms with Crippen LogP contribution in [0.5, 0.6) is 0 Å². The second-order valence-corrected chi connectivity index (χ2v) is 3.49. The van der Waals surface area contributed by atoms with E-state index in [0.29, 0.717) is 5.76 Å². The molecule has 0 fully saturated rings. The van der Waals surface area contributed by atoms with Crippen molar-refractivity contribution in [2.24, 2.45) is 5.92 Å². The van der Waals surface area contributed by atoms with Gasteiger partial charge >= 0.3 is 0 Å². The molecule has 2 heteroatoms. The van der Waals surface area contributed by atoms with Gasteiger partial charge in [0.05, 0.1) is 6.26 Å². The number of hydrogen-bond donors (Lipinski definition) is 0. The van der Waals surface area contributed by atoms with E-state index in [1.54, 1.807) is 6.26 Å². The molecule has 0 spiro atoms. The van der Waals surface area contributed by atoms with Gasteiger partial charge in [0.1, 0.15) is 0 Å². The van der Waals surface area contributed by atoms with Crippen molar-refractivity contribution in [3.05, 3.63) is 23.7 Å². The van der Waals surface area contributed by atoms with Gasteiger partial charge in [0.25, 0.3) is 0 Å². The van der Waals surface area contributed by atoms with Gasteiger partial charge in [-0.25, -0.2) is 0 Å². The largest absolute Gasteiger partial charge is 0.461 e. The lowest BCUT2D eigenvalue weighted by atomic mass is 9.98. The second kappa shape index (κ2) is 4.26. The van der Waals surface area contributed by atoms with E-state index in [1.807, 2.05) is 19.9 Å². The minimum atomic E-state index is 0.0786. The first-order chi connectivity index (χ1) is 6.16. The second-order valence-electron chi connectivity index (χ2n) is 3.49. The van der Waals surface area contributed by atoms with Crippen molar-refractivity contribution in [3.8, 4) is 0 Å². The predicted octanol–water partition coefficient (Wildman–Crippen LogP) is 3.21. The van der Waals surface area contributed by atoms with Gasteiger partial charge in [0.15, 0.2) is 5.76 Å². The number of furan rings is 1. The Labute approximate surface area is 78.9 Å². The van der Waals surface area contributed by atoms with E-state index in [2.05, 4.69) is 6.92 Å². The smallest absolute Gasteiger partial charge is 0.201 e. The average molecular weight is 180 g/mol. The van der Waals surface area contributed by atoms with Crippen LogP contribution in [0.4, 0.5) is 0 Å². The molecule has 0 saturated heterocycles. The summed E-state index contributed by atoms with van der Waals surface area (Å²) in [5.74, 6) is 0.736. The van der Waals surface area contributed by atoms with E-state index < -0.39 is 0 Å². The monoisotopic (exact) mass is 180 g/mol. The first-order valence-corrected chi connectivity index (χ1v) is 4.75. The van der Waals surface area contributed by atoms with Crippen LogP contribution in [0, 0.1) is 12.8 Å². The van der Waals surface area contributed by atoms with Crippen molar-refractivity contribution < 1.29 is 9.21 Å². The molecule has 72 valence electrons. The van der Waals surface area contributed by atoms with E-state index in [4.69, 9.17) is 4.42 Å². The lowest BCUT2D eigenvalue weighted by Crippen LogP contribution is -2.11. The molecule has 0 saturated carbocycles. The highest BCUT2D eigenvalue weighted by Gasteiger charge is 2.18. The maximum atomic E-state index is 11.7. The molecule has 0 aromatic carbocycles. The van der Waals surface area contributed by atoms with Crippen LogP contribution < -0.4 is 0 Å². The van der Waals surface area contributed by atoms with E-state index in [-0.39, 0.29) is 11.7 Å². The fourth-order valence-electron chi connectivity index (χ4n) is 1.41. The van der Waals surface area contributed by atoms with Crippen LogP contribution in [0.1, 0.15) is 42.8 Å². The van der Waals surface area contributed by atoms with Gasteiger partial charge in [0, 0.05) is 5.92 Å². The first-order valence-electron chi connectivity index (χ1n) is 4.75. The highest BCUT2D eigenvalue weighted by molar-refractivity contribution is 5.96. The summed E-state index contributed by atoms with van der Waals surface area (Å²) in [7, 11) is 0. The molecule has 1 unspecified atom stereocenters. The quantitative estimate of drug-likeness (QED) is 0.666. The van der Waals surface area contributed by atoms with Crippen molar-refractivity contribution in [1.82, 2.24) is 0 Å². The Kier molecular flexibility index (Phi) is 3.29. The summed E-state index contributed by atoms with van der Waals surface area (Å²) in [6.07, 6.45) is 3.53. The lowest BCUT2D eigenvalue weighted by Gasteiger charge is -2.06. The molecule has 1 aromatic heterocycles. The Morgan fingerprint density at radius 2 is 2.31 bits per heavy atom. The highest BCUT2D eigenvalue weighted by Crippen LogP contribution is 2.17. The maximum absolute atomic E-state index is 11.7. The molecule has 2 nitrogen and oxygen atoms in total. The zero-order chi connectivity index (χ0) is 9.84. The minimum absolute atomic E-state index is 0.0786. The summed E-state index contributed by atoms with van der Waals surface area (Å²) < 4.78 is 5.14. The number of carbonyl (C=O) groups excluding carboxylic acids is 1. The molecule has 13 heavy (non-hydrogen) atoms. The number of carbonyl (C=O) groups is 1. The number of aryl methyl sites for hydroxylation is 1. The Bertz CT molecular complexity index is 286. The summed E-state index contributed by atoms with van der Waals surface area (Å²) in [4.78, 5) is 11.7. The van der Waals surface area contributed by atoms with Crippen molar-refractivity contribution >= 4 is 5.78 Å². The fourth-order valence-corrected chi connectivity index (χ4v) is 1.41. The molecule has 0 radical (unpaired) electrons. The third kappa shape index (κ3) is 2.20. The standard InChI is InChI=1S/C11H16O2/c1-4-5-8(2)10(12)11-9(3)6-7-13-11/h6-8H,4-5H2,1-3H3. The third-order valence-corrected chi connectivity index (χ3v) is 2.26. The van der Waals surface area contributed by atoms with Gasteiger partial charge in [-0.05, 0) is 25.0 Å². The van der Waals surface area contributed by atoms with E-state index in [9.17, 15) is 4.79 Å². The third-order valence-electron chi connectivity index (χ3n) is 2.26.